The van der Waals surface area contributed by atoms with Crippen molar-refractivity contribution < 1.29 is 9.90 Å². The molecule has 0 fully saturated rings. The van der Waals surface area contributed by atoms with Gasteiger partial charge >= 0.3 is 5.97 Å². The van der Waals surface area contributed by atoms with Gasteiger partial charge in [0.05, 0.1) is 0 Å². The Bertz CT molecular complexity index is 555. The average Bonchev–Trinajstić information content (AvgIpc) is 2.69. The Hall–Kier alpha value is -1.83. The fourth-order valence-corrected chi connectivity index (χ4v) is 2.16. The van der Waals surface area contributed by atoms with Crippen LogP contribution in [0, 0.1) is 0 Å². The van der Waals surface area contributed by atoms with E-state index in [9.17, 15) is 4.79 Å². The first-order chi connectivity index (χ1) is 8.11. The summed E-state index contributed by atoms with van der Waals surface area (Å²) in [5, 5.41) is 8.90. The quantitative estimate of drug-likeness (QED) is 0.692. The van der Waals surface area contributed by atoms with Gasteiger partial charge in [0.25, 0.3) is 0 Å². The molecule has 0 spiro atoms. The molecule has 2 aromatic heterocycles. The molecule has 4 N–H and O–H groups in total. The number of aromatic nitrogens is 4. The number of nitrogen functional groups attached to an aromatic ring is 1. The van der Waals surface area contributed by atoms with Gasteiger partial charge in [0.1, 0.15) is 17.1 Å². The van der Waals surface area contributed by atoms with Gasteiger partial charge in [-0.15, -0.1) is 0 Å². The molecule has 0 aromatic carbocycles. The Balaban J connectivity index is 2.31. The third kappa shape index (κ3) is 2.31. The molecule has 7 nitrogen and oxygen atoms in total. The molecule has 2 rings (SSSR count). The molecule has 0 bridgehead atoms. The van der Waals surface area contributed by atoms with Crippen molar-refractivity contribution in [1.82, 2.24) is 19.9 Å². The lowest BCUT2D eigenvalue weighted by atomic mass is 10.3. The molecule has 0 saturated heterocycles. The maximum atomic E-state index is 10.9. The maximum Gasteiger partial charge on any atom is 0.317 e. The number of fused-ring (bicyclic) bond motifs is 1. The molecule has 0 amide bonds. The highest BCUT2D eigenvalue weighted by Crippen LogP contribution is 2.25. The van der Waals surface area contributed by atoms with Crippen LogP contribution in [0.2, 0.25) is 0 Å². The molecule has 2 aromatic rings. The zero-order chi connectivity index (χ0) is 12.4. The summed E-state index contributed by atoms with van der Waals surface area (Å²) in [5.74, 6) is -0.560. The summed E-state index contributed by atoms with van der Waals surface area (Å²) in [7, 11) is 0. The van der Waals surface area contributed by atoms with Crippen LogP contribution in [-0.2, 0) is 4.79 Å². The highest BCUT2D eigenvalue weighted by atomic mass is 32.2. The first kappa shape index (κ1) is 11.6. The molecule has 0 radical (unpaired) electrons. The van der Waals surface area contributed by atoms with E-state index in [-0.39, 0.29) is 0 Å². The number of hydrogen-bond acceptors (Lipinski definition) is 6. The first-order valence-corrected chi connectivity index (χ1v) is 5.85. The van der Waals surface area contributed by atoms with E-state index in [4.69, 9.17) is 10.8 Å². The largest absolute Gasteiger partial charge is 0.480 e. The van der Waals surface area contributed by atoms with E-state index in [1.165, 1.54) is 6.33 Å². The number of thioether (sulfide) groups is 1. The number of carboxylic acid groups (broad SMARTS) is 1. The molecule has 0 aliphatic heterocycles. The lowest BCUT2D eigenvalue weighted by Crippen LogP contribution is -2.14. The number of nitrogens with zero attached hydrogens (tertiary/aromatic N) is 3. The number of imidazole rings is 1. The Labute approximate surface area is 101 Å². The van der Waals surface area contributed by atoms with E-state index in [0.29, 0.717) is 28.6 Å². The maximum absolute atomic E-state index is 10.9. The molecule has 1 atom stereocenters. The zero-order valence-corrected chi connectivity index (χ0v) is 9.86. The van der Waals surface area contributed by atoms with E-state index < -0.39 is 11.2 Å². The van der Waals surface area contributed by atoms with E-state index in [0.717, 1.165) is 11.8 Å². The predicted octanol–water partition coefficient (Wildman–Crippen LogP) is 0.890. The SMILES string of the molecule is CCC(Sc1nc2ncnc(N)c2[nH]1)C(=O)O. The van der Waals surface area contributed by atoms with E-state index in [2.05, 4.69) is 19.9 Å². The van der Waals surface area contributed by atoms with Crippen molar-refractivity contribution in [2.45, 2.75) is 23.8 Å². The van der Waals surface area contributed by atoms with Gasteiger partial charge in [-0.1, -0.05) is 18.7 Å². The fourth-order valence-electron chi connectivity index (χ4n) is 1.32. The zero-order valence-electron chi connectivity index (χ0n) is 9.04. The van der Waals surface area contributed by atoms with Crippen molar-refractivity contribution >= 4 is 34.7 Å². The molecular formula is C9H11N5O2S. The van der Waals surface area contributed by atoms with Crippen molar-refractivity contribution in [3.63, 3.8) is 0 Å². The molecule has 1 unspecified atom stereocenters. The lowest BCUT2D eigenvalue weighted by Gasteiger charge is -2.05. The summed E-state index contributed by atoms with van der Waals surface area (Å²) in [5.41, 5.74) is 6.63. The van der Waals surface area contributed by atoms with Crippen molar-refractivity contribution in [2.24, 2.45) is 0 Å². The number of rotatable bonds is 4. The van der Waals surface area contributed by atoms with Crippen molar-refractivity contribution in [3.05, 3.63) is 6.33 Å². The van der Waals surface area contributed by atoms with Crippen LogP contribution in [0.4, 0.5) is 5.82 Å². The van der Waals surface area contributed by atoms with Gasteiger partial charge in [0.15, 0.2) is 16.6 Å². The molecule has 0 saturated carbocycles. The molecule has 0 aliphatic carbocycles. The van der Waals surface area contributed by atoms with E-state index in [1.807, 2.05) is 6.92 Å². The number of H-pyrrole nitrogens is 1. The van der Waals surface area contributed by atoms with Crippen molar-refractivity contribution in [2.75, 3.05) is 5.73 Å². The number of carboxylic acids is 1. The fraction of sp³-hybridized carbons (Fsp3) is 0.333. The van der Waals surface area contributed by atoms with Gasteiger partial charge in [-0.05, 0) is 6.42 Å². The van der Waals surface area contributed by atoms with Gasteiger partial charge in [0.2, 0.25) is 0 Å². The number of hydrogen-bond donors (Lipinski definition) is 3. The molecular weight excluding hydrogens is 242 g/mol. The van der Waals surface area contributed by atoms with Crippen LogP contribution >= 0.6 is 11.8 Å². The summed E-state index contributed by atoms with van der Waals surface area (Å²) < 4.78 is 0. The number of nitrogens with two attached hydrogens (primary N) is 1. The third-order valence-corrected chi connectivity index (χ3v) is 3.43. The highest BCUT2D eigenvalue weighted by molar-refractivity contribution is 8.00. The summed E-state index contributed by atoms with van der Waals surface area (Å²) in [4.78, 5) is 25.8. The Morgan fingerprint density at radius 1 is 1.65 bits per heavy atom. The second-order valence-corrected chi connectivity index (χ2v) is 4.54. The van der Waals surface area contributed by atoms with Gasteiger partial charge in [0, 0.05) is 0 Å². The average molecular weight is 253 g/mol. The summed E-state index contributed by atoms with van der Waals surface area (Å²) >= 11 is 1.14. The predicted molar refractivity (Wildman–Crippen MR) is 63.7 cm³/mol. The van der Waals surface area contributed by atoms with E-state index in [1.54, 1.807) is 0 Å². The summed E-state index contributed by atoms with van der Waals surface area (Å²) in [6, 6.07) is 0. The van der Waals surface area contributed by atoms with Gasteiger partial charge in [-0.25, -0.2) is 15.0 Å². The molecule has 0 aliphatic rings. The first-order valence-electron chi connectivity index (χ1n) is 4.97. The topological polar surface area (TPSA) is 118 Å². The number of nitrogens with one attached hydrogen (secondary N) is 1. The minimum absolute atomic E-state index is 0.303. The number of aliphatic carboxylic acids is 1. The molecule has 17 heavy (non-hydrogen) atoms. The highest BCUT2D eigenvalue weighted by Gasteiger charge is 2.19. The van der Waals surface area contributed by atoms with Crippen LogP contribution in [0.25, 0.3) is 11.2 Å². The lowest BCUT2D eigenvalue weighted by molar-refractivity contribution is -0.136. The number of anilines is 1. The van der Waals surface area contributed by atoms with E-state index >= 15 is 0 Å². The van der Waals surface area contributed by atoms with Crippen LogP contribution in [0.15, 0.2) is 11.5 Å². The monoisotopic (exact) mass is 253 g/mol. The minimum atomic E-state index is -0.864. The minimum Gasteiger partial charge on any atom is -0.480 e. The molecule has 90 valence electrons. The van der Waals surface area contributed by atoms with Crippen LogP contribution < -0.4 is 5.73 Å². The van der Waals surface area contributed by atoms with Gasteiger partial charge in [-0.2, -0.15) is 0 Å². The normalized spacial score (nSPS) is 12.8. The summed E-state index contributed by atoms with van der Waals surface area (Å²) in [6.07, 6.45) is 1.83. The number of carbonyl (C=O) groups is 1. The van der Waals surface area contributed by atoms with Crippen LogP contribution in [0.1, 0.15) is 13.3 Å². The van der Waals surface area contributed by atoms with Gasteiger partial charge < -0.3 is 15.8 Å². The van der Waals surface area contributed by atoms with Crippen LogP contribution in [-0.4, -0.2) is 36.3 Å². The Morgan fingerprint density at radius 2 is 2.41 bits per heavy atom. The second-order valence-electron chi connectivity index (χ2n) is 3.35. The van der Waals surface area contributed by atoms with Crippen molar-refractivity contribution in [1.29, 1.82) is 0 Å². The standard InChI is InChI=1S/C9H11N5O2S/c1-2-4(8(15)16)17-9-13-5-6(10)11-3-12-7(5)14-9/h3-4H,2H2,1H3,(H,15,16)(H3,10,11,12,13,14). The van der Waals surface area contributed by atoms with Crippen LogP contribution in [0.3, 0.4) is 0 Å². The Kier molecular flexibility index (Phi) is 3.14. The second kappa shape index (κ2) is 4.58. The third-order valence-electron chi connectivity index (χ3n) is 2.20. The smallest absolute Gasteiger partial charge is 0.317 e. The summed E-state index contributed by atoms with van der Waals surface area (Å²) in [6.45, 7) is 1.81. The Morgan fingerprint density at radius 3 is 3.00 bits per heavy atom. The van der Waals surface area contributed by atoms with Crippen molar-refractivity contribution in [3.8, 4) is 0 Å². The van der Waals surface area contributed by atoms with Crippen LogP contribution in [0.5, 0.6) is 0 Å². The molecule has 2 heterocycles. The molecule has 8 heteroatoms. The van der Waals surface area contributed by atoms with Gasteiger partial charge in [-0.3, -0.25) is 4.79 Å². The number of aromatic amines is 1.